The molecule has 2 rings (SSSR count). The number of amides is 1. The minimum atomic E-state index is -0.443. The molecule has 0 radical (unpaired) electrons. The average Bonchev–Trinajstić information content (AvgIpc) is 2.69. The van der Waals surface area contributed by atoms with E-state index in [0.29, 0.717) is 11.4 Å². The minimum absolute atomic E-state index is 0.0822. The fourth-order valence-electron chi connectivity index (χ4n) is 2.35. The second-order valence-corrected chi connectivity index (χ2v) is 5.07. The van der Waals surface area contributed by atoms with Crippen molar-refractivity contribution in [2.75, 3.05) is 18.8 Å². The number of carbonyl (C=O) groups excluding carboxylic acids is 1. The van der Waals surface area contributed by atoms with Gasteiger partial charge in [-0.15, -0.1) is 0 Å². The standard InChI is InChI=1S/C15H22N2O2/c1-12(19-14-8-6-13(16)7-9-14)15(18)17-10-4-2-3-5-11-17/h6-9,12H,2-5,10-11,16H2,1H3. The highest BCUT2D eigenvalue weighted by Crippen LogP contribution is 2.17. The summed E-state index contributed by atoms with van der Waals surface area (Å²) in [6, 6.07) is 7.14. The van der Waals surface area contributed by atoms with Crippen molar-refractivity contribution in [1.82, 2.24) is 4.90 Å². The summed E-state index contributed by atoms with van der Waals surface area (Å²) < 4.78 is 5.68. The van der Waals surface area contributed by atoms with Crippen LogP contribution < -0.4 is 10.5 Å². The van der Waals surface area contributed by atoms with E-state index < -0.39 is 6.10 Å². The third-order valence-electron chi connectivity index (χ3n) is 3.46. The Morgan fingerprint density at radius 2 is 1.74 bits per heavy atom. The molecule has 0 saturated carbocycles. The molecular weight excluding hydrogens is 240 g/mol. The zero-order valence-corrected chi connectivity index (χ0v) is 11.5. The van der Waals surface area contributed by atoms with Crippen molar-refractivity contribution >= 4 is 11.6 Å². The van der Waals surface area contributed by atoms with Gasteiger partial charge >= 0.3 is 0 Å². The van der Waals surface area contributed by atoms with Crippen LogP contribution >= 0.6 is 0 Å². The smallest absolute Gasteiger partial charge is 0.263 e. The number of likely N-dealkylation sites (tertiary alicyclic amines) is 1. The Kier molecular flexibility index (Phi) is 4.66. The van der Waals surface area contributed by atoms with Gasteiger partial charge < -0.3 is 15.4 Å². The van der Waals surface area contributed by atoms with Crippen molar-refractivity contribution in [3.05, 3.63) is 24.3 Å². The van der Waals surface area contributed by atoms with Gasteiger partial charge in [0.2, 0.25) is 0 Å². The third kappa shape index (κ3) is 3.88. The lowest BCUT2D eigenvalue weighted by Crippen LogP contribution is -2.40. The molecule has 1 unspecified atom stereocenters. The van der Waals surface area contributed by atoms with Gasteiger partial charge in [0.15, 0.2) is 6.10 Å². The number of carbonyl (C=O) groups is 1. The Labute approximate surface area is 114 Å². The molecule has 1 amide bonds. The van der Waals surface area contributed by atoms with Crippen LogP contribution in [0.15, 0.2) is 24.3 Å². The number of nitrogen functional groups attached to an aromatic ring is 1. The molecule has 2 N–H and O–H groups in total. The SMILES string of the molecule is CC(Oc1ccc(N)cc1)C(=O)N1CCCCCC1. The first-order valence-electron chi connectivity index (χ1n) is 6.98. The van der Waals surface area contributed by atoms with E-state index in [4.69, 9.17) is 10.5 Å². The van der Waals surface area contributed by atoms with Crippen molar-refractivity contribution in [2.45, 2.75) is 38.7 Å². The minimum Gasteiger partial charge on any atom is -0.481 e. The van der Waals surface area contributed by atoms with E-state index in [0.717, 1.165) is 25.9 Å². The summed E-state index contributed by atoms with van der Waals surface area (Å²) in [6.07, 6.45) is 4.19. The fraction of sp³-hybridized carbons (Fsp3) is 0.533. The monoisotopic (exact) mass is 262 g/mol. The van der Waals surface area contributed by atoms with Gasteiger partial charge in [-0.3, -0.25) is 4.79 Å². The summed E-state index contributed by atoms with van der Waals surface area (Å²) >= 11 is 0. The molecule has 0 spiro atoms. The number of rotatable bonds is 3. The van der Waals surface area contributed by atoms with E-state index in [1.165, 1.54) is 12.8 Å². The van der Waals surface area contributed by atoms with Crippen LogP contribution in [0.25, 0.3) is 0 Å². The first-order valence-corrected chi connectivity index (χ1v) is 6.98. The Balaban J connectivity index is 1.92. The molecule has 104 valence electrons. The first kappa shape index (κ1) is 13.7. The molecule has 0 aliphatic carbocycles. The molecule has 1 fully saturated rings. The van der Waals surface area contributed by atoms with Gasteiger partial charge in [0.25, 0.3) is 5.91 Å². The molecule has 1 aliphatic rings. The Morgan fingerprint density at radius 1 is 1.16 bits per heavy atom. The summed E-state index contributed by atoms with van der Waals surface area (Å²) in [6.45, 7) is 3.52. The average molecular weight is 262 g/mol. The Bertz CT molecular complexity index is 409. The third-order valence-corrected chi connectivity index (χ3v) is 3.46. The van der Waals surface area contributed by atoms with Crippen LogP contribution in [0.3, 0.4) is 0 Å². The van der Waals surface area contributed by atoms with Crippen LogP contribution in [0.1, 0.15) is 32.6 Å². The molecule has 1 aromatic rings. The van der Waals surface area contributed by atoms with Gasteiger partial charge in [-0.1, -0.05) is 12.8 Å². The highest BCUT2D eigenvalue weighted by Gasteiger charge is 2.22. The van der Waals surface area contributed by atoms with Gasteiger partial charge in [0.05, 0.1) is 0 Å². The van der Waals surface area contributed by atoms with E-state index in [2.05, 4.69) is 0 Å². The molecular formula is C15H22N2O2. The molecule has 1 aromatic carbocycles. The molecule has 4 heteroatoms. The van der Waals surface area contributed by atoms with E-state index in [9.17, 15) is 4.79 Å². The van der Waals surface area contributed by atoms with E-state index in [1.54, 1.807) is 24.3 Å². The molecule has 19 heavy (non-hydrogen) atoms. The van der Waals surface area contributed by atoms with Crippen LogP contribution in [0, 0.1) is 0 Å². The summed E-state index contributed by atoms with van der Waals surface area (Å²) in [5.74, 6) is 0.767. The summed E-state index contributed by atoms with van der Waals surface area (Å²) in [4.78, 5) is 14.2. The summed E-state index contributed by atoms with van der Waals surface area (Å²) in [7, 11) is 0. The number of anilines is 1. The fourth-order valence-corrected chi connectivity index (χ4v) is 2.35. The van der Waals surface area contributed by atoms with Crippen molar-refractivity contribution in [2.24, 2.45) is 0 Å². The van der Waals surface area contributed by atoms with Crippen molar-refractivity contribution in [3.63, 3.8) is 0 Å². The van der Waals surface area contributed by atoms with Crippen LogP contribution in [0.4, 0.5) is 5.69 Å². The number of nitrogens with zero attached hydrogens (tertiary/aromatic N) is 1. The topological polar surface area (TPSA) is 55.6 Å². The number of ether oxygens (including phenoxy) is 1. The maximum atomic E-state index is 12.3. The molecule has 1 heterocycles. The highest BCUT2D eigenvalue weighted by atomic mass is 16.5. The van der Waals surface area contributed by atoms with Gasteiger partial charge in [-0.05, 0) is 44.0 Å². The zero-order valence-electron chi connectivity index (χ0n) is 11.5. The van der Waals surface area contributed by atoms with E-state index in [1.807, 2.05) is 11.8 Å². The molecule has 1 saturated heterocycles. The maximum absolute atomic E-state index is 12.3. The van der Waals surface area contributed by atoms with Crippen LogP contribution in [-0.2, 0) is 4.79 Å². The second kappa shape index (κ2) is 6.45. The molecule has 0 bridgehead atoms. The van der Waals surface area contributed by atoms with Crippen LogP contribution in [0.5, 0.6) is 5.75 Å². The van der Waals surface area contributed by atoms with Gasteiger partial charge in [-0.25, -0.2) is 0 Å². The Morgan fingerprint density at radius 3 is 2.32 bits per heavy atom. The van der Waals surface area contributed by atoms with E-state index in [-0.39, 0.29) is 5.91 Å². The lowest BCUT2D eigenvalue weighted by Gasteiger charge is -2.24. The van der Waals surface area contributed by atoms with Gasteiger partial charge in [0.1, 0.15) is 5.75 Å². The van der Waals surface area contributed by atoms with E-state index >= 15 is 0 Å². The number of nitrogens with two attached hydrogens (primary N) is 1. The number of benzene rings is 1. The predicted octanol–water partition coefficient (Wildman–Crippen LogP) is 2.44. The maximum Gasteiger partial charge on any atom is 0.263 e. The van der Waals surface area contributed by atoms with Crippen LogP contribution in [0.2, 0.25) is 0 Å². The van der Waals surface area contributed by atoms with Crippen molar-refractivity contribution in [3.8, 4) is 5.75 Å². The molecule has 4 nitrogen and oxygen atoms in total. The summed E-state index contributed by atoms with van der Waals surface area (Å²) in [5.41, 5.74) is 6.31. The van der Waals surface area contributed by atoms with Crippen molar-refractivity contribution in [1.29, 1.82) is 0 Å². The van der Waals surface area contributed by atoms with Crippen molar-refractivity contribution < 1.29 is 9.53 Å². The lowest BCUT2D eigenvalue weighted by atomic mass is 10.2. The normalized spacial score (nSPS) is 17.6. The first-order chi connectivity index (χ1) is 9.16. The zero-order chi connectivity index (χ0) is 13.7. The van der Waals surface area contributed by atoms with Gasteiger partial charge in [-0.2, -0.15) is 0 Å². The Hall–Kier alpha value is -1.71. The number of hydrogen-bond acceptors (Lipinski definition) is 3. The van der Waals surface area contributed by atoms with Gasteiger partial charge in [0, 0.05) is 18.8 Å². The van der Waals surface area contributed by atoms with Crippen LogP contribution in [-0.4, -0.2) is 30.0 Å². The largest absolute Gasteiger partial charge is 0.481 e. The molecule has 1 aliphatic heterocycles. The quantitative estimate of drug-likeness (QED) is 0.851. The molecule has 1 atom stereocenters. The summed E-state index contributed by atoms with van der Waals surface area (Å²) in [5, 5.41) is 0. The predicted molar refractivity (Wildman–Crippen MR) is 76.0 cm³/mol. The number of hydrogen-bond donors (Lipinski definition) is 1. The highest BCUT2D eigenvalue weighted by molar-refractivity contribution is 5.80. The molecule has 0 aromatic heterocycles. The second-order valence-electron chi connectivity index (χ2n) is 5.07. The lowest BCUT2D eigenvalue weighted by molar-refractivity contribution is -0.137.